The molecule has 1 aromatic carbocycles. The maximum atomic E-state index is 12.5. The predicted molar refractivity (Wildman–Crippen MR) is 111 cm³/mol. The smallest absolute Gasteiger partial charge is 0.273 e. The third-order valence-electron chi connectivity index (χ3n) is 4.97. The molecule has 1 aliphatic rings. The number of hydrogen-bond donors (Lipinski definition) is 2. The monoisotopic (exact) mass is 433 g/mol. The van der Waals surface area contributed by atoms with Gasteiger partial charge in [-0.3, -0.25) is 14.8 Å². The zero-order chi connectivity index (χ0) is 19.4. The summed E-state index contributed by atoms with van der Waals surface area (Å²) >= 11 is 3.49. The van der Waals surface area contributed by atoms with Gasteiger partial charge in [0, 0.05) is 39.3 Å². The van der Waals surface area contributed by atoms with Crippen LogP contribution in [0.4, 0.5) is 0 Å². The molecule has 0 radical (unpaired) electrons. The lowest BCUT2D eigenvalue weighted by atomic mass is 10.1. The van der Waals surface area contributed by atoms with E-state index in [1.807, 2.05) is 6.07 Å². The summed E-state index contributed by atoms with van der Waals surface area (Å²) in [5.74, 6) is 0.106. The van der Waals surface area contributed by atoms with Crippen LogP contribution in [0.1, 0.15) is 47.1 Å². The van der Waals surface area contributed by atoms with E-state index in [0.29, 0.717) is 12.2 Å². The Hall–Kier alpha value is -1.70. The van der Waals surface area contributed by atoms with E-state index >= 15 is 0 Å². The van der Waals surface area contributed by atoms with Crippen molar-refractivity contribution in [3.63, 3.8) is 0 Å². The molecule has 6 nitrogen and oxygen atoms in total. The van der Waals surface area contributed by atoms with Crippen LogP contribution in [-0.2, 0) is 13.1 Å². The first-order valence-electron chi connectivity index (χ1n) is 9.44. The number of amides is 1. The molecule has 146 valence electrons. The maximum Gasteiger partial charge on any atom is 0.273 e. The molecule has 2 aromatic rings. The number of carbonyl (C=O) groups excluding carboxylic acids is 1. The van der Waals surface area contributed by atoms with Crippen LogP contribution in [-0.4, -0.2) is 59.1 Å². The Morgan fingerprint density at radius 2 is 1.96 bits per heavy atom. The highest BCUT2D eigenvalue weighted by molar-refractivity contribution is 9.10. The van der Waals surface area contributed by atoms with E-state index in [9.17, 15) is 4.79 Å². The number of nitrogens with one attached hydrogen (secondary N) is 2. The summed E-state index contributed by atoms with van der Waals surface area (Å²) in [7, 11) is 2.17. The zero-order valence-electron chi connectivity index (χ0n) is 16.3. The molecule has 1 saturated heterocycles. The van der Waals surface area contributed by atoms with Crippen molar-refractivity contribution in [2.75, 3.05) is 33.2 Å². The van der Waals surface area contributed by atoms with E-state index < -0.39 is 0 Å². The number of piperazine rings is 1. The van der Waals surface area contributed by atoms with Crippen molar-refractivity contribution < 1.29 is 4.79 Å². The van der Waals surface area contributed by atoms with E-state index in [1.165, 1.54) is 5.56 Å². The Bertz CT molecular complexity index is 780. The van der Waals surface area contributed by atoms with Gasteiger partial charge in [0.2, 0.25) is 0 Å². The Morgan fingerprint density at radius 1 is 1.26 bits per heavy atom. The van der Waals surface area contributed by atoms with Crippen molar-refractivity contribution in [1.82, 2.24) is 25.3 Å². The van der Waals surface area contributed by atoms with Gasteiger partial charge < -0.3 is 10.2 Å². The molecule has 0 spiro atoms. The number of hydrogen-bond acceptors (Lipinski definition) is 4. The first-order valence-corrected chi connectivity index (χ1v) is 10.2. The van der Waals surface area contributed by atoms with Crippen LogP contribution in [0.5, 0.6) is 0 Å². The molecule has 2 N–H and O–H groups in total. The molecule has 1 fully saturated rings. The molecule has 1 amide bonds. The molecule has 0 saturated carbocycles. The van der Waals surface area contributed by atoms with Gasteiger partial charge in [-0.05, 0) is 40.0 Å². The number of H-pyrrole nitrogens is 1. The second-order valence-corrected chi connectivity index (χ2v) is 8.33. The molecule has 0 atom stereocenters. The normalized spacial score (nSPS) is 16.0. The van der Waals surface area contributed by atoms with Gasteiger partial charge in [-0.25, -0.2) is 0 Å². The van der Waals surface area contributed by atoms with E-state index in [2.05, 4.69) is 80.3 Å². The SMILES string of the molecule is CC(C)c1[nH]nc(C(=O)NCc2cccc(CN3CCN(C)CC3)c2)c1Br. The second-order valence-electron chi connectivity index (χ2n) is 7.54. The van der Waals surface area contributed by atoms with Crippen molar-refractivity contribution in [1.29, 1.82) is 0 Å². The van der Waals surface area contributed by atoms with Crippen molar-refractivity contribution in [2.24, 2.45) is 0 Å². The summed E-state index contributed by atoms with van der Waals surface area (Å²) in [6, 6.07) is 8.45. The minimum Gasteiger partial charge on any atom is -0.347 e. The Balaban J connectivity index is 1.57. The van der Waals surface area contributed by atoms with Crippen LogP contribution in [0, 0.1) is 0 Å². The Labute approximate surface area is 169 Å². The first kappa shape index (κ1) is 20.0. The topological polar surface area (TPSA) is 64.3 Å². The van der Waals surface area contributed by atoms with Gasteiger partial charge in [0.15, 0.2) is 5.69 Å². The summed E-state index contributed by atoms with van der Waals surface area (Å²) in [5, 5.41) is 10.1. The average molecular weight is 434 g/mol. The number of carbonyl (C=O) groups is 1. The van der Waals surface area contributed by atoms with Crippen molar-refractivity contribution in [2.45, 2.75) is 32.9 Å². The second kappa shape index (κ2) is 8.99. The Kier molecular flexibility index (Phi) is 6.68. The summed E-state index contributed by atoms with van der Waals surface area (Å²) in [4.78, 5) is 17.3. The number of aromatic amines is 1. The number of nitrogens with zero attached hydrogens (tertiary/aromatic N) is 3. The molecular weight excluding hydrogens is 406 g/mol. The summed E-state index contributed by atoms with van der Waals surface area (Å²) in [6.45, 7) is 10.0. The average Bonchev–Trinajstić information content (AvgIpc) is 3.04. The number of benzene rings is 1. The fraction of sp³-hybridized carbons (Fsp3) is 0.500. The number of halogens is 1. The molecule has 1 aliphatic heterocycles. The molecule has 7 heteroatoms. The molecule has 3 rings (SSSR count). The number of aromatic nitrogens is 2. The van der Waals surface area contributed by atoms with Crippen molar-refractivity contribution in [3.05, 3.63) is 51.3 Å². The van der Waals surface area contributed by atoms with Crippen LogP contribution < -0.4 is 5.32 Å². The fourth-order valence-corrected chi connectivity index (χ4v) is 4.06. The summed E-state index contributed by atoms with van der Waals surface area (Å²) < 4.78 is 0.749. The highest BCUT2D eigenvalue weighted by atomic mass is 79.9. The first-order chi connectivity index (χ1) is 12.9. The Morgan fingerprint density at radius 3 is 2.63 bits per heavy atom. The van der Waals surface area contributed by atoms with Gasteiger partial charge in [-0.2, -0.15) is 5.10 Å². The van der Waals surface area contributed by atoms with E-state index in [0.717, 1.165) is 48.5 Å². The van der Waals surface area contributed by atoms with Gasteiger partial charge in [0.25, 0.3) is 5.91 Å². The minimum atomic E-state index is -0.172. The lowest BCUT2D eigenvalue weighted by Crippen LogP contribution is -2.43. The van der Waals surface area contributed by atoms with E-state index in [-0.39, 0.29) is 11.8 Å². The van der Waals surface area contributed by atoms with Crippen molar-refractivity contribution >= 4 is 21.8 Å². The van der Waals surface area contributed by atoms with E-state index in [4.69, 9.17) is 0 Å². The van der Waals surface area contributed by atoms with Gasteiger partial charge >= 0.3 is 0 Å². The van der Waals surface area contributed by atoms with Crippen LogP contribution in [0.3, 0.4) is 0 Å². The highest BCUT2D eigenvalue weighted by Crippen LogP contribution is 2.25. The molecular formula is C20H28BrN5O. The number of likely N-dealkylation sites (N-methyl/N-ethyl adjacent to an activating group) is 1. The predicted octanol–water partition coefficient (Wildman–Crippen LogP) is 2.97. The van der Waals surface area contributed by atoms with E-state index in [1.54, 1.807) is 0 Å². The molecule has 0 unspecified atom stereocenters. The molecule has 1 aromatic heterocycles. The summed E-state index contributed by atoms with van der Waals surface area (Å²) in [6.07, 6.45) is 0. The lowest BCUT2D eigenvalue weighted by Gasteiger charge is -2.32. The zero-order valence-corrected chi connectivity index (χ0v) is 17.8. The molecule has 0 aliphatic carbocycles. The lowest BCUT2D eigenvalue weighted by molar-refractivity contribution is 0.0945. The van der Waals surface area contributed by atoms with Gasteiger partial charge in [-0.1, -0.05) is 38.1 Å². The summed E-state index contributed by atoms with van der Waals surface area (Å²) in [5.41, 5.74) is 3.74. The standard InChI is InChI=1S/C20H28BrN5O/c1-14(2)18-17(21)19(24-23-18)20(27)22-12-15-5-4-6-16(11-15)13-26-9-7-25(3)8-10-26/h4-6,11,14H,7-10,12-13H2,1-3H3,(H,22,27)(H,23,24). The minimum absolute atomic E-state index is 0.172. The quantitative estimate of drug-likeness (QED) is 0.734. The van der Waals surface area contributed by atoms with Gasteiger partial charge in [0.1, 0.15) is 0 Å². The van der Waals surface area contributed by atoms with Gasteiger partial charge in [0.05, 0.1) is 10.2 Å². The molecule has 2 heterocycles. The van der Waals surface area contributed by atoms with Crippen molar-refractivity contribution in [3.8, 4) is 0 Å². The third kappa shape index (κ3) is 5.18. The third-order valence-corrected chi connectivity index (χ3v) is 5.77. The molecule has 0 bridgehead atoms. The van der Waals surface area contributed by atoms with Gasteiger partial charge in [-0.15, -0.1) is 0 Å². The highest BCUT2D eigenvalue weighted by Gasteiger charge is 2.19. The van der Waals surface area contributed by atoms with Crippen LogP contribution in [0.15, 0.2) is 28.7 Å². The fourth-order valence-electron chi connectivity index (χ4n) is 3.24. The molecule has 27 heavy (non-hydrogen) atoms. The number of rotatable bonds is 6. The van der Waals surface area contributed by atoms with Crippen LogP contribution >= 0.6 is 15.9 Å². The largest absolute Gasteiger partial charge is 0.347 e. The van der Waals surface area contributed by atoms with Crippen LogP contribution in [0.2, 0.25) is 0 Å². The maximum absolute atomic E-state index is 12.5. The van der Waals surface area contributed by atoms with Crippen LogP contribution in [0.25, 0.3) is 0 Å².